The summed E-state index contributed by atoms with van der Waals surface area (Å²) in [5.41, 5.74) is 11.6. The number of benzene rings is 2. The molecule has 0 aromatic heterocycles. The summed E-state index contributed by atoms with van der Waals surface area (Å²) >= 11 is 0. The fourth-order valence-corrected chi connectivity index (χ4v) is 12.5. The van der Waals surface area contributed by atoms with Crippen molar-refractivity contribution in [1.29, 1.82) is 0 Å². The number of hydrogen-bond donors (Lipinski definition) is 14. The Morgan fingerprint density at radius 2 is 1.23 bits per heavy atom. The number of primary amides is 1. The second kappa shape index (κ2) is 29.5. The Morgan fingerprint density at radius 1 is 0.671 bits per heavy atom. The molecule has 28 nitrogen and oxygen atoms in total. The lowest BCUT2D eigenvalue weighted by atomic mass is 9.98. The summed E-state index contributed by atoms with van der Waals surface area (Å²) in [6.45, 7) is 3.38. The van der Waals surface area contributed by atoms with Gasteiger partial charge in [0.2, 0.25) is 63.2 Å². The van der Waals surface area contributed by atoms with Gasteiger partial charge < -0.3 is 79.6 Å². The molecule has 0 radical (unpaired) electrons. The van der Waals surface area contributed by atoms with E-state index in [2.05, 4.69) is 53.2 Å². The van der Waals surface area contributed by atoms with Crippen LogP contribution in [-0.4, -0.2) is 176 Å². The number of phenols is 1. The molecule has 4 aliphatic rings. The van der Waals surface area contributed by atoms with Gasteiger partial charge in [-0.25, -0.2) is 8.42 Å². The standard InChI is InChI=1S/C53H77N13O15S/c1-28(46(55)71)58-48(73)35-24-56-26-41(35)63-50(75)38(8-4-5-22-54)61-53(78)43-19-20-44(66(43)82(79,80)33-16-14-32(81-3)15-17-33)65-52(77)40(23-30-10-12-31(68)13-11-30)62-49(74)36-25-57-27-42(36)64-51(76)39(18-21-45(69)70)60-47(72)34-7-6-9-37(34)59-29(2)67/h10-17,28,34-44,56-57,68H,4-9,18-27,54H2,1-3H3,(H2,55,71)(H,58,73)(H,59,67)(H,60,72)(H,61,78)(H,62,74)(H,63,75)(H,64,76)(H,65,77)(H,69,70)/t28-,34?,35?,36?,37?,38-,39-,40-,41?,42?,43?,44?/m1/s1. The quantitative estimate of drug-likeness (QED) is 0.0366. The van der Waals surface area contributed by atoms with Crippen molar-refractivity contribution >= 4 is 69.2 Å². The molecular formula is C53H77N13O15S. The Bertz CT molecular complexity index is 2760. The highest BCUT2D eigenvalue weighted by atomic mass is 32.2. The van der Waals surface area contributed by atoms with E-state index >= 15 is 0 Å². The van der Waals surface area contributed by atoms with E-state index in [1.54, 1.807) is 0 Å². The van der Waals surface area contributed by atoms with Crippen molar-refractivity contribution in [1.82, 2.24) is 57.5 Å². The van der Waals surface area contributed by atoms with Crippen LogP contribution >= 0.6 is 0 Å². The molecule has 3 saturated heterocycles. The van der Waals surface area contributed by atoms with Crippen molar-refractivity contribution < 1.29 is 71.3 Å². The molecule has 4 fully saturated rings. The van der Waals surface area contributed by atoms with Gasteiger partial charge in [-0.15, -0.1) is 0 Å². The van der Waals surface area contributed by atoms with Crippen LogP contribution in [0.3, 0.4) is 0 Å². The number of nitrogens with two attached hydrogens (primary N) is 2. The van der Waals surface area contributed by atoms with Crippen LogP contribution in [0.5, 0.6) is 11.5 Å². The number of ether oxygens (including phenoxy) is 1. The molecule has 1 saturated carbocycles. The third kappa shape index (κ3) is 17.1. The van der Waals surface area contributed by atoms with E-state index in [1.165, 1.54) is 69.5 Å². The molecule has 16 N–H and O–H groups in total. The first-order valence-corrected chi connectivity index (χ1v) is 28.9. The summed E-state index contributed by atoms with van der Waals surface area (Å²) in [6, 6.07) is 2.30. The van der Waals surface area contributed by atoms with Crippen LogP contribution in [0.2, 0.25) is 0 Å². The van der Waals surface area contributed by atoms with Crippen LogP contribution in [0.15, 0.2) is 53.4 Å². The predicted octanol–water partition coefficient (Wildman–Crippen LogP) is -3.61. The van der Waals surface area contributed by atoms with Crippen LogP contribution in [0.1, 0.15) is 83.6 Å². The van der Waals surface area contributed by atoms with Crippen molar-refractivity contribution in [2.75, 3.05) is 39.8 Å². The SMILES string of the molecule is COc1ccc(S(=O)(=O)N2C(NC(=O)[C@@H](Cc3ccc(O)cc3)NC(=O)C3CNCC3NC(=O)[C@@H](CCC(=O)O)NC(=O)C3CCCC3NC(C)=O)CCC2C(=O)N[C@H](CCCCN)C(=O)NC2CNCC2C(=O)N[C@H](C)C(N)=O)cc1. The summed E-state index contributed by atoms with van der Waals surface area (Å²) < 4.78 is 35.8. The molecule has 3 heterocycles. The number of aromatic hydroxyl groups is 1. The molecule has 12 atom stereocenters. The van der Waals surface area contributed by atoms with E-state index in [0.717, 1.165) is 4.31 Å². The van der Waals surface area contributed by atoms with E-state index in [0.29, 0.717) is 43.4 Å². The van der Waals surface area contributed by atoms with Gasteiger partial charge in [-0.3, -0.25) is 47.9 Å². The molecule has 1 aliphatic carbocycles. The molecule has 2 aromatic rings. The summed E-state index contributed by atoms with van der Waals surface area (Å²) in [5.74, 6) is -9.67. The Labute approximate surface area is 474 Å². The zero-order valence-corrected chi connectivity index (χ0v) is 46.9. The lowest BCUT2D eigenvalue weighted by Crippen LogP contribution is -2.60. The van der Waals surface area contributed by atoms with Gasteiger partial charge in [0.05, 0.1) is 48.0 Å². The fraction of sp³-hybridized carbons (Fsp3) is 0.585. The third-order valence-corrected chi connectivity index (χ3v) is 17.2. The van der Waals surface area contributed by atoms with E-state index in [1.807, 2.05) is 0 Å². The lowest BCUT2D eigenvalue weighted by molar-refractivity contribution is -0.138. The number of rotatable bonds is 28. The number of hydrogen-bond acceptors (Lipinski definition) is 17. The summed E-state index contributed by atoms with van der Waals surface area (Å²) in [5, 5.41) is 47.4. The van der Waals surface area contributed by atoms with Crippen LogP contribution < -0.4 is 69.4 Å². The zero-order chi connectivity index (χ0) is 59.8. The van der Waals surface area contributed by atoms with Crippen LogP contribution in [0.4, 0.5) is 0 Å². The maximum atomic E-state index is 14.9. The highest BCUT2D eigenvalue weighted by Crippen LogP contribution is 2.32. The summed E-state index contributed by atoms with van der Waals surface area (Å²) in [7, 11) is -3.31. The highest BCUT2D eigenvalue weighted by molar-refractivity contribution is 7.89. The summed E-state index contributed by atoms with van der Waals surface area (Å²) in [6.07, 6.45) is -0.229. The number of phenolic OH excluding ortho intramolecular Hbond substituents is 1. The number of carbonyl (C=O) groups excluding carboxylic acids is 9. The number of nitrogens with zero attached hydrogens (tertiary/aromatic N) is 1. The van der Waals surface area contributed by atoms with Gasteiger partial charge in [-0.05, 0) is 107 Å². The Kier molecular flexibility index (Phi) is 22.9. The van der Waals surface area contributed by atoms with Crippen molar-refractivity contribution in [3.8, 4) is 11.5 Å². The molecule has 450 valence electrons. The first-order chi connectivity index (χ1) is 39.0. The van der Waals surface area contributed by atoms with Crippen molar-refractivity contribution in [2.24, 2.45) is 29.2 Å². The second-order valence-corrected chi connectivity index (χ2v) is 23.0. The minimum absolute atomic E-state index is 0.000812. The van der Waals surface area contributed by atoms with Crippen LogP contribution in [-0.2, 0) is 64.4 Å². The average Bonchev–Trinajstić information content (AvgIpc) is 3.36. The second-order valence-electron chi connectivity index (χ2n) is 21.1. The molecule has 0 spiro atoms. The normalized spacial score (nSPS) is 23.9. The molecule has 8 unspecified atom stereocenters. The van der Waals surface area contributed by atoms with E-state index in [4.69, 9.17) is 16.2 Å². The highest BCUT2D eigenvalue weighted by Gasteiger charge is 2.48. The van der Waals surface area contributed by atoms with Gasteiger partial charge in [0, 0.05) is 52.0 Å². The largest absolute Gasteiger partial charge is 0.508 e. The van der Waals surface area contributed by atoms with Gasteiger partial charge >= 0.3 is 5.97 Å². The smallest absolute Gasteiger partial charge is 0.303 e. The minimum atomic E-state index is -4.70. The zero-order valence-electron chi connectivity index (χ0n) is 46.1. The Hall–Kier alpha value is -7.47. The topological polar surface area (TPSA) is 430 Å². The molecule has 0 bridgehead atoms. The van der Waals surface area contributed by atoms with Crippen molar-refractivity contribution in [3.63, 3.8) is 0 Å². The number of amides is 9. The number of aliphatic carboxylic acids is 1. The van der Waals surface area contributed by atoms with Gasteiger partial charge in [0.25, 0.3) is 0 Å². The molecule has 6 rings (SSSR count). The molecular weight excluding hydrogens is 1090 g/mol. The van der Waals surface area contributed by atoms with E-state index < -0.39 is 142 Å². The van der Waals surface area contributed by atoms with Crippen LogP contribution in [0, 0.1) is 17.8 Å². The van der Waals surface area contributed by atoms with Gasteiger partial charge in [0.15, 0.2) is 0 Å². The van der Waals surface area contributed by atoms with Crippen molar-refractivity contribution in [2.45, 2.75) is 144 Å². The minimum Gasteiger partial charge on any atom is -0.508 e. The molecule has 2 aromatic carbocycles. The number of nitrogens with one attached hydrogen (secondary N) is 10. The van der Waals surface area contributed by atoms with Gasteiger partial charge in [0.1, 0.15) is 41.7 Å². The number of sulfonamides is 1. The number of carbonyl (C=O) groups is 10. The van der Waals surface area contributed by atoms with E-state index in [-0.39, 0.29) is 81.4 Å². The first-order valence-electron chi connectivity index (χ1n) is 27.5. The molecule has 3 aliphatic heterocycles. The van der Waals surface area contributed by atoms with Gasteiger partial charge in [-0.2, -0.15) is 4.31 Å². The van der Waals surface area contributed by atoms with Gasteiger partial charge in [-0.1, -0.05) is 18.6 Å². The predicted molar refractivity (Wildman–Crippen MR) is 293 cm³/mol. The number of methoxy groups -OCH3 is 1. The molecule has 9 amide bonds. The number of carboxylic acids is 1. The van der Waals surface area contributed by atoms with E-state index in [9.17, 15) is 66.6 Å². The van der Waals surface area contributed by atoms with Crippen LogP contribution in [0.25, 0.3) is 0 Å². The fourth-order valence-electron chi connectivity index (χ4n) is 10.7. The number of unbranched alkanes of at least 4 members (excludes halogenated alkanes) is 1. The first kappa shape index (κ1) is 63.7. The maximum absolute atomic E-state index is 14.9. The lowest BCUT2D eigenvalue weighted by Gasteiger charge is -2.32. The average molecular weight is 1170 g/mol. The Balaban J connectivity index is 1.23. The van der Waals surface area contributed by atoms with Crippen molar-refractivity contribution in [3.05, 3.63) is 54.1 Å². The molecule has 29 heteroatoms. The maximum Gasteiger partial charge on any atom is 0.303 e. The molecule has 82 heavy (non-hydrogen) atoms. The monoisotopic (exact) mass is 1170 g/mol. The third-order valence-electron chi connectivity index (χ3n) is 15.2. The Morgan fingerprint density at radius 3 is 1.80 bits per heavy atom. The number of carboxylic acid groups (broad SMARTS) is 1. The summed E-state index contributed by atoms with van der Waals surface area (Å²) in [4.78, 5) is 133.